The normalized spacial score (nSPS) is 9.67. The van der Waals surface area contributed by atoms with Gasteiger partial charge in [-0.1, -0.05) is 12.1 Å². The van der Waals surface area contributed by atoms with E-state index in [1.54, 1.807) is 0 Å². The molecule has 0 saturated carbocycles. The summed E-state index contributed by atoms with van der Waals surface area (Å²) in [7, 11) is 1.28. The second-order valence-electron chi connectivity index (χ2n) is 3.58. The molecule has 0 amide bonds. The van der Waals surface area contributed by atoms with Gasteiger partial charge in [0, 0.05) is 6.42 Å². The van der Waals surface area contributed by atoms with E-state index in [0.717, 1.165) is 0 Å². The zero-order chi connectivity index (χ0) is 13.6. The molecule has 0 aliphatic heterocycles. The highest BCUT2D eigenvalue weighted by atomic mass is 16.5. The maximum absolute atomic E-state index is 11.3. The van der Waals surface area contributed by atoms with Crippen LogP contribution in [0.1, 0.15) is 22.3 Å². The minimum atomic E-state index is -1.37. The average molecular weight is 238 g/mol. The summed E-state index contributed by atoms with van der Waals surface area (Å²) < 4.78 is 4.56. The number of hydrogen-bond donors (Lipinski definition) is 0. The first-order chi connectivity index (χ1) is 8.63. The van der Waals surface area contributed by atoms with Gasteiger partial charge in [0.25, 0.3) is 0 Å². The molecule has 0 saturated heterocycles. The van der Waals surface area contributed by atoms with E-state index in [0.29, 0.717) is 11.1 Å². The number of terminal acetylenes is 1. The molecule has 0 radical (unpaired) electrons. The first-order valence-electron chi connectivity index (χ1n) is 5.08. The summed E-state index contributed by atoms with van der Waals surface area (Å²) in [5, 5.41) is 18.3. The van der Waals surface area contributed by atoms with E-state index in [-0.39, 0.29) is 6.42 Å². The smallest absolute Gasteiger partial charge is 0.337 e. The minimum absolute atomic E-state index is 0.00241. The van der Waals surface area contributed by atoms with Crippen molar-refractivity contribution in [2.45, 2.75) is 11.8 Å². The second-order valence-corrected chi connectivity index (χ2v) is 3.58. The number of carbonyl (C=O) groups excluding carboxylic acids is 1. The number of nitrogens with zero attached hydrogens (tertiary/aromatic N) is 2. The minimum Gasteiger partial charge on any atom is -0.465 e. The van der Waals surface area contributed by atoms with Crippen LogP contribution in [0.3, 0.4) is 0 Å². The first kappa shape index (κ1) is 13.3. The number of nitriles is 2. The van der Waals surface area contributed by atoms with Crippen LogP contribution in [-0.4, -0.2) is 13.1 Å². The third kappa shape index (κ3) is 2.32. The molecule has 4 nitrogen and oxygen atoms in total. The Morgan fingerprint density at radius 3 is 2.28 bits per heavy atom. The Hall–Kier alpha value is -2.77. The van der Waals surface area contributed by atoms with Crippen molar-refractivity contribution in [3.63, 3.8) is 0 Å². The van der Waals surface area contributed by atoms with Crippen molar-refractivity contribution >= 4 is 5.97 Å². The Kier molecular flexibility index (Phi) is 4.08. The topological polar surface area (TPSA) is 73.9 Å². The molecule has 0 bridgehead atoms. The summed E-state index contributed by atoms with van der Waals surface area (Å²) in [6, 6.07) is 9.93. The van der Waals surface area contributed by atoms with Gasteiger partial charge in [0.2, 0.25) is 0 Å². The van der Waals surface area contributed by atoms with E-state index in [1.807, 2.05) is 12.1 Å². The third-order valence-corrected chi connectivity index (χ3v) is 2.55. The van der Waals surface area contributed by atoms with Crippen molar-refractivity contribution in [1.29, 1.82) is 10.5 Å². The van der Waals surface area contributed by atoms with E-state index in [1.165, 1.54) is 31.4 Å². The molecular formula is C14H10N2O2. The lowest BCUT2D eigenvalue weighted by atomic mass is 9.80. The number of carbonyl (C=O) groups is 1. The van der Waals surface area contributed by atoms with E-state index < -0.39 is 11.4 Å². The molecule has 88 valence electrons. The molecule has 0 spiro atoms. The van der Waals surface area contributed by atoms with Crippen LogP contribution in [0.5, 0.6) is 0 Å². The van der Waals surface area contributed by atoms with Crippen LogP contribution in [-0.2, 0) is 10.2 Å². The highest BCUT2D eigenvalue weighted by Gasteiger charge is 2.31. The number of ether oxygens (including phenoxy) is 1. The molecule has 18 heavy (non-hydrogen) atoms. The molecule has 0 aliphatic carbocycles. The zero-order valence-electron chi connectivity index (χ0n) is 9.80. The first-order valence-corrected chi connectivity index (χ1v) is 5.08. The van der Waals surface area contributed by atoms with Gasteiger partial charge in [0.1, 0.15) is 0 Å². The molecular weight excluding hydrogens is 228 g/mol. The van der Waals surface area contributed by atoms with Crippen molar-refractivity contribution in [3.05, 3.63) is 35.4 Å². The lowest BCUT2D eigenvalue weighted by Gasteiger charge is -2.16. The Labute approximate surface area is 105 Å². The lowest BCUT2D eigenvalue weighted by molar-refractivity contribution is 0.0600. The molecule has 1 aromatic rings. The van der Waals surface area contributed by atoms with Crippen LogP contribution in [0.25, 0.3) is 0 Å². The number of hydrogen-bond acceptors (Lipinski definition) is 4. The Morgan fingerprint density at radius 1 is 1.33 bits per heavy atom. The number of esters is 1. The molecule has 0 heterocycles. The molecule has 0 aliphatic rings. The van der Waals surface area contributed by atoms with Crippen LogP contribution in [0, 0.1) is 35.0 Å². The van der Waals surface area contributed by atoms with Gasteiger partial charge in [-0.15, -0.1) is 12.3 Å². The maximum atomic E-state index is 11.3. The highest BCUT2D eigenvalue weighted by molar-refractivity contribution is 5.89. The summed E-state index contributed by atoms with van der Waals surface area (Å²) in [5.41, 5.74) is -0.548. The Morgan fingerprint density at radius 2 is 1.89 bits per heavy atom. The fourth-order valence-corrected chi connectivity index (χ4v) is 1.50. The highest BCUT2D eigenvalue weighted by Crippen LogP contribution is 2.26. The van der Waals surface area contributed by atoms with Crippen molar-refractivity contribution < 1.29 is 9.53 Å². The average Bonchev–Trinajstić information content (AvgIpc) is 2.44. The van der Waals surface area contributed by atoms with Crippen molar-refractivity contribution in [3.8, 4) is 24.5 Å². The maximum Gasteiger partial charge on any atom is 0.337 e. The van der Waals surface area contributed by atoms with Crippen LogP contribution >= 0.6 is 0 Å². The van der Waals surface area contributed by atoms with Gasteiger partial charge in [-0.3, -0.25) is 0 Å². The van der Waals surface area contributed by atoms with Crippen molar-refractivity contribution in [2.75, 3.05) is 7.11 Å². The quantitative estimate of drug-likeness (QED) is 0.594. The monoisotopic (exact) mass is 238 g/mol. The van der Waals surface area contributed by atoms with Gasteiger partial charge in [0.15, 0.2) is 5.41 Å². The van der Waals surface area contributed by atoms with Crippen molar-refractivity contribution in [2.24, 2.45) is 0 Å². The number of methoxy groups -OCH3 is 1. The van der Waals surface area contributed by atoms with Crippen LogP contribution < -0.4 is 0 Å². The van der Waals surface area contributed by atoms with E-state index in [9.17, 15) is 4.79 Å². The summed E-state index contributed by atoms with van der Waals surface area (Å²) in [4.78, 5) is 11.3. The van der Waals surface area contributed by atoms with Crippen LogP contribution in [0.15, 0.2) is 24.3 Å². The lowest BCUT2D eigenvalue weighted by Crippen LogP contribution is -2.21. The van der Waals surface area contributed by atoms with E-state index in [2.05, 4.69) is 10.7 Å². The summed E-state index contributed by atoms with van der Waals surface area (Å²) in [6.07, 6.45) is 5.17. The summed E-state index contributed by atoms with van der Waals surface area (Å²) in [5.74, 6) is 1.85. The molecule has 0 unspecified atom stereocenters. The van der Waals surface area contributed by atoms with Crippen LogP contribution in [0.4, 0.5) is 0 Å². The molecule has 1 rings (SSSR count). The fraction of sp³-hybridized carbons (Fsp3) is 0.214. The Balaban J connectivity index is 3.19. The molecule has 0 N–H and O–H groups in total. The molecule has 4 heteroatoms. The summed E-state index contributed by atoms with van der Waals surface area (Å²) >= 11 is 0. The number of rotatable bonds is 3. The third-order valence-electron chi connectivity index (χ3n) is 2.55. The second kappa shape index (κ2) is 5.53. The standard InChI is InChI=1S/C14H10N2O2/c1-3-8-14(9-15,10-16)12-6-4-11(5-7-12)13(17)18-2/h1,4-7H,8H2,2H3. The Bertz CT molecular complexity index is 554. The number of benzene rings is 1. The van der Waals surface area contributed by atoms with Gasteiger partial charge >= 0.3 is 5.97 Å². The predicted molar refractivity (Wildman–Crippen MR) is 64.1 cm³/mol. The zero-order valence-corrected chi connectivity index (χ0v) is 9.80. The van der Waals surface area contributed by atoms with Gasteiger partial charge in [-0.25, -0.2) is 4.79 Å². The molecule has 0 fully saturated rings. The SMILES string of the molecule is C#CCC(C#N)(C#N)c1ccc(C(=O)OC)cc1. The van der Waals surface area contributed by atoms with Crippen molar-refractivity contribution in [1.82, 2.24) is 0 Å². The van der Waals surface area contributed by atoms with Gasteiger partial charge in [-0.05, 0) is 17.7 Å². The predicted octanol–water partition coefficient (Wildman–Crippen LogP) is 1.78. The fourth-order valence-electron chi connectivity index (χ4n) is 1.50. The van der Waals surface area contributed by atoms with Gasteiger partial charge < -0.3 is 4.74 Å². The summed E-state index contributed by atoms with van der Waals surface area (Å²) in [6.45, 7) is 0. The van der Waals surface area contributed by atoms with E-state index in [4.69, 9.17) is 16.9 Å². The van der Waals surface area contributed by atoms with Crippen LogP contribution in [0.2, 0.25) is 0 Å². The van der Waals surface area contributed by atoms with E-state index >= 15 is 0 Å². The van der Waals surface area contributed by atoms with Gasteiger partial charge in [0.05, 0.1) is 24.8 Å². The largest absolute Gasteiger partial charge is 0.465 e. The molecule has 0 aromatic heterocycles. The van der Waals surface area contributed by atoms with Gasteiger partial charge in [-0.2, -0.15) is 10.5 Å². The molecule has 1 aromatic carbocycles. The molecule has 0 atom stereocenters.